The summed E-state index contributed by atoms with van der Waals surface area (Å²) in [6, 6.07) is 14.2. The fraction of sp³-hybridized carbons (Fsp3) is 0.400. The van der Waals surface area contributed by atoms with Gasteiger partial charge in [0.2, 0.25) is 0 Å². The van der Waals surface area contributed by atoms with Crippen molar-refractivity contribution in [3.8, 4) is 11.5 Å². The van der Waals surface area contributed by atoms with E-state index in [-0.39, 0.29) is 30.5 Å². The van der Waals surface area contributed by atoms with E-state index in [1.165, 1.54) is 0 Å². The molecular formula is C25H37ClN6O4. The second-order valence-corrected chi connectivity index (χ2v) is 8.02. The van der Waals surface area contributed by atoms with Crippen LogP contribution in [0.25, 0.3) is 0 Å². The first-order valence-electron chi connectivity index (χ1n) is 11.6. The van der Waals surface area contributed by atoms with E-state index in [1.54, 1.807) is 48.5 Å². The first-order chi connectivity index (χ1) is 16.8. The molecule has 0 aliphatic heterocycles. The smallest absolute Gasteiger partial charge is 0.304 e. The van der Waals surface area contributed by atoms with Crippen LogP contribution >= 0.6 is 12.4 Å². The lowest BCUT2D eigenvalue weighted by Crippen LogP contribution is -2.35. The third-order valence-electron chi connectivity index (χ3n) is 5.23. The molecule has 8 N–H and O–H groups in total. The first kappa shape index (κ1) is 30.7. The van der Waals surface area contributed by atoms with Crippen molar-refractivity contribution in [2.75, 3.05) is 45.9 Å². The van der Waals surface area contributed by atoms with Gasteiger partial charge in [-0.2, -0.15) is 0 Å². The van der Waals surface area contributed by atoms with Crippen LogP contribution in [0.3, 0.4) is 0 Å². The lowest BCUT2D eigenvalue weighted by molar-refractivity contribution is -0.137. The second-order valence-electron chi connectivity index (χ2n) is 8.02. The minimum atomic E-state index is -0.807. The third kappa shape index (κ3) is 12.4. The van der Waals surface area contributed by atoms with Gasteiger partial charge in [-0.1, -0.05) is 0 Å². The van der Waals surface area contributed by atoms with Crippen LogP contribution in [-0.4, -0.2) is 73.6 Å². The number of nitrogens with two attached hydrogens (primary N) is 2. The van der Waals surface area contributed by atoms with Crippen molar-refractivity contribution in [1.29, 1.82) is 10.8 Å². The maximum absolute atomic E-state index is 11.0. The SMILES string of the molecule is Cl.N=C(N)c1ccc(OCCCNCCN(CCCOc2ccc(C(=N)N)cc2)CCC(=O)O)cc1. The normalized spacial score (nSPS) is 10.5. The number of ether oxygens (including phenoxy) is 2. The molecule has 0 aliphatic carbocycles. The number of nitrogens with zero attached hydrogens (tertiary/aromatic N) is 1. The maximum Gasteiger partial charge on any atom is 0.304 e. The van der Waals surface area contributed by atoms with E-state index in [0.717, 1.165) is 44.8 Å². The van der Waals surface area contributed by atoms with Crippen molar-refractivity contribution in [3.05, 3.63) is 59.7 Å². The van der Waals surface area contributed by atoms with E-state index in [0.29, 0.717) is 36.6 Å². The number of carbonyl (C=O) groups is 1. The third-order valence-corrected chi connectivity index (χ3v) is 5.23. The Labute approximate surface area is 218 Å². The molecule has 0 aromatic heterocycles. The molecule has 0 unspecified atom stereocenters. The van der Waals surface area contributed by atoms with Crippen LogP contribution < -0.4 is 26.3 Å². The molecule has 0 heterocycles. The maximum atomic E-state index is 11.0. The van der Waals surface area contributed by atoms with Crippen LogP contribution in [0.4, 0.5) is 0 Å². The van der Waals surface area contributed by atoms with Crippen molar-refractivity contribution < 1.29 is 19.4 Å². The zero-order valence-electron chi connectivity index (χ0n) is 20.4. The molecule has 0 bridgehead atoms. The van der Waals surface area contributed by atoms with Gasteiger partial charge in [0.05, 0.1) is 19.6 Å². The molecule has 0 saturated carbocycles. The molecular weight excluding hydrogens is 484 g/mol. The molecule has 2 rings (SSSR count). The van der Waals surface area contributed by atoms with Crippen LogP contribution in [0.5, 0.6) is 11.5 Å². The Hall–Kier alpha value is -3.34. The summed E-state index contributed by atoms with van der Waals surface area (Å²) in [5, 5.41) is 27.2. The highest BCUT2D eigenvalue weighted by Crippen LogP contribution is 2.13. The van der Waals surface area contributed by atoms with E-state index in [1.807, 2.05) is 0 Å². The second kappa shape index (κ2) is 17.1. The number of hydrogen-bond donors (Lipinski definition) is 6. The Morgan fingerprint density at radius 1 is 0.806 bits per heavy atom. The van der Waals surface area contributed by atoms with Crippen LogP contribution in [0.15, 0.2) is 48.5 Å². The molecule has 0 radical (unpaired) electrons. The van der Waals surface area contributed by atoms with Gasteiger partial charge in [0.25, 0.3) is 0 Å². The number of carboxylic acid groups (broad SMARTS) is 1. The van der Waals surface area contributed by atoms with E-state index in [2.05, 4.69) is 10.2 Å². The summed E-state index contributed by atoms with van der Waals surface area (Å²) >= 11 is 0. The Bertz CT molecular complexity index is 941. The van der Waals surface area contributed by atoms with Crippen LogP contribution in [0.2, 0.25) is 0 Å². The van der Waals surface area contributed by atoms with Gasteiger partial charge in [0, 0.05) is 37.3 Å². The fourth-order valence-corrected chi connectivity index (χ4v) is 3.28. The molecule has 11 heteroatoms. The highest BCUT2D eigenvalue weighted by Gasteiger charge is 2.08. The summed E-state index contributed by atoms with van der Waals surface area (Å²) in [5.74, 6) is 0.703. The topological polar surface area (TPSA) is 171 Å². The van der Waals surface area contributed by atoms with Gasteiger partial charge in [0.1, 0.15) is 23.2 Å². The molecule has 36 heavy (non-hydrogen) atoms. The molecule has 0 spiro atoms. The number of aliphatic carboxylic acids is 1. The zero-order valence-corrected chi connectivity index (χ0v) is 21.2. The van der Waals surface area contributed by atoms with E-state index < -0.39 is 5.97 Å². The number of hydrogen-bond acceptors (Lipinski definition) is 7. The predicted molar refractivity (Wildman–Crippen MR) is 144 cm³/mol. The van der Waals surface area contributed by atoms with E-state index in [4.69, 9.17) is 36.9 Å². The molecule has 0 saturated heterocycles. The van der Waals surface area contributed by atoms with Gasteiger partial charge < -0.3 is 36.3 Å². The minimum Gasteiger partial charge on any atom is -0.494 e. The van der Waals surface area contributed by atoms with Crippen LogP contribution in [-0.2, 0) is 4.79 Å². The molecule has 10 nitrogen and oxygen atoms in total. The molecule has 0 fully saturated rings. The number of carboxylic acids is 1. The summed E-state index contributed by atoms with van der Waals surface area (Å²) in [7, 11) is 0. The van der Waals surface area contributed by atoms with Crippen LogP contribution in [0, 0.1) is 10.8 Å². The molecule has 198 valence electrons. The van der Waals surface area contributed by atoms with E-state index in [9.17, 15) is 4.79 Å². The summed E-state index contributed by atoms with van der Waals surface area (Å²) in [6.45, 7) is 4.59. The standard InChI is InChI=1S/C25H36N6O4.ClH/c26-24(27)19-3-7-21(8-4-19)34-17-1-12-30-13-16-31(15-11-23(32)33)14-2-18-35-22-9-5-20(6-10-22)25(28)29;/h3-10,30H,1-2,11-18H2,(H3,26,27)(H3,28,29)(H,32,33);1H. The quantitative estimate of drug-likeness (QED) is 0.0986. The number of nitrogen functional groups attached to an aromatic ring is 2. The first-order valence-corrected chi connectivity index (χ1v) is 11.6. The minimum absolute atomic E-state index is 0. The van der Waals surface area contributed by atoms with Gasteiger partial charge in [0.15, 0.2) is 0 Å². The zero-order chi connectivity index (χ0) is 25.5. The summed E-state index contributed by atoms with van der Waals surface area (Å²) in [6.07, 6.45) is 1.70. The number of amidine groups is 2. The highest BCUT2D eigenvalue weighted by atomic mass is 35.5. The van der Waals surface area contributed by atoms with Crippen molar-refractivity contribution in [2.45, 2.75) is 19.3 Å². The van der Waals surface area contributed by atoms with Gasteiger partial charge >= 0.3 is 5.97 Å². The molecule has 0 aliphatic rings. The average Bonchev–Trinajstić information content (AvgIpc) is 2.84. The number of nitrogens with one attached hydrogen (secondary N) is 3. The Kier molecular flexibility index (Phi) is 14.6. The Morgan fingerprint density at radius 2 is 1.31 bits per heavy atom. The van der Waals surface area contributed by atoms with Gasteiger partial charge in [-0.05, 0) is 67.9 Å². The largest absolute Gasteiger partial charge is 0.494 e. The molecule has 0 amide bonds. The van der Waals surface area contributed by atoms with Crippen molar-refractivity contribution in [2.24, 2.45) is 11.5 Å². The van der Waals surface area contributed by atoms with Crippen molar-refractivity contribution in [1.82, 2.24) is 10.2 Å². The molecule has 0 atom stereocenters. The Balaban J connectivity index is 0.00000648. The van der Waals surface area contributed by atoms with E-state index >= 15 is 0 Å². The fourth-order valence-electron chi connectivity index (χ4n) is 3.28. The van der Waals surface area contributed by atoms with Crippen molar-refractivity contribution in [3.63, 3.8) is 0 Å². The summed E-state index contributed by atoms with van der Waals surface area (Å²) in [5.41, 5.74) is 12.2. The predicted octanol–water partition coefficient (Wildman–Crippen LogP) is 2.28. The monoisotopic (exact) mass is 520 g/mol. The number of halogens is 1. The number of rotatable bonds is 18. The lowest BCUT2D eigenvalue weighted by atomic mass is 10.2. The van der Waals surface area contributed by atoms with Gasteiger partial charge in [-0.3, -0.25) is 15.6 Å². The molecule has 2 aromatic rings. The van der Waals surface area contributed by atoms with Crippen LogP contribution in [0.1, 0.15) is 30.4 Å². The molecule has 2 aromatic carbocycles. The van der Waals surface area contributed by atoms with Gasteiger partial charge in [-0.25, -0.2) is 0 Å². The van der Waals surface area contributed by atoms with Gasteiger partial charge in [-0.15, -0.1) is 12.4 Å². The lowest BCUT2D eigenvalue weighted by Gasteiger charge is -2.22. The van der Waals surface area contributed by atoms with Crippen molar-refractivity contribution >= 4 is 30.0 Å². The summed E-state index contributed by atoms with van der Waals surface area (Å²) in [4.78, 5) is 13.1. The summed E-state index contributed by atoms with van der Waals surface area (Å²) < 4.78 is 11.4. The Morgan fingerprint density at radius 3 is 1.78 bits per heavy atom. The number of benzene rings is 2. The average molecular weight is 521 g/mol. The highest BCUT2D eigenvalue weighted by molar-refractivity contribution is 5.95.